The summed E-state index contributed by atoms with van der Waals surface area (Å²) < 4.78 is 11.3. The monoisotopic (exact) mass is 220 g/mol. The van der Waals surface area contributed by atoms with Crippen LogP contribution in [0.15, 0.2) is 30.8 Å². The molecule has 0 aliphatic rings. The van der Waals surface area contributed by atoms with Crippen LogP contribution in [-0.2, 0) is 4.74 Å². The van der Waals surface area contributed by atoms with Crippen molar-refractivity contribution in [2.24, 2.45) is 0 Å². The van der Waals surface area contributed by atoms with Gasteiger partial charge in [-0.05, 0) is 24.1 Å². The predicted octanol–water partition coefficient (Wildman–Crippen LogP) is 3.87. The highest BCUT2D eigenvalue weighted by Gasteiger charge is 2.07. The molecule has 1 atom stereocenters. The maximum absolute atomic E-state index is 5.71. The molecule has 1 aromatic carbocycles. The second kappa shape index (κ2) is 7.07. The average molecular weight is 220 g/mol. The third kappa shape index (κ3) is 4.07. The topological polar surface area (TPSA) is 18.5 Å². The SMILES string of the molecule is C=Cc1ccc(OC(CC)OCCC)cc1. The van der Waals surface area contributed by atoms with Gasteiger partial charge in [0.25, 0.3) is 0 Å². The quantitative estimate of drug-likeness (QED) is 0.649. The summed E-state index contributed by atoms with van der Waals surface area (Å²) in [5, 5.41) is 0. The highest BCUT2D eigenvalue weighted by molar-refractivity contribution is 5.48. The minimum absolute atomic E-state index is 0.144. The fourth-order valence-electron chi connectivity index (χ4n) is 1.32. The van der Waals surface area contributed by atoms with E-state index in [2.05, 4.69) is 20.4 Å². The van der Waals surface area contributed by atoms with Crippen LogP contribution in [-0.4, -0.2) is 12.9 Å². The van der Waals surface area contributed by atoms with Crippen molar-refractivity contribution in [2.75, 3.05) is 6.61 Å². The molecule has 0 aliphatic heterocycles. The van der Waals surface area contributed by atoms with E-state index in [4.69, 9.17) is 9.47 Å². The molecular weight excluding hydrogens is 200 g/mol. The highest BCUT2D eigenvalue weighted by Crippen LogP contribution is 2.16. The summed E-state index contributed by atoms with van der Waals surface area (Å²) in [6.07, 6.45) is 3.53. The van der Waals surface area contributed by atoms with Gasteiger partial charge in [-0.25, -0.2) is 0 Å². The zero-order valence-corrected chi connectivity index (χ0v) is 10.1. The first kappa shape index (κ1) is 12.8. The van der Waals surface area contributed by atoms with E-state index in [0.717, 1.165) is 30.8 Å². The van der Waals surface area contributed by atoms with Crippen LogP contribution in [0.5, 0.6) is 5.75 Å². The van der Waals surface area contributed by atoms with Crippen molar-refractivity contribution >= 4 is 6.08 Å². The van der Waals surface area contributed by atoms with Gasteiger partial charge in [0.05, 0.1) is 6.61 Å². The third-order valence-corrected chi connectivity index (χ3v) is 2.22. The second-order valence-corrected chi connectivity index (χ2v) is 3.60. The number of rotatable bonds is 7. The van der Waals surface area contributed by atoms with Crippen LogP contribution in [0.2, 0.25) is 0 Å². The van der Waals surface area contributed by atoms with Crippen molar-refractivity contribution in [3.63, 3.8) is 0 Å². The summed E-state index contributed by atoms with van der Waals surface area (Å²) in [5.41, 5.74) is 1.09. The van der Waals surface area contributed by atoms with Crippen LogP contribution in [0.3, 0.4) is 0 Å². The molecule has 1 unspecified atom stereocenters. The van der Waals surface area contributed by atoms with Gasteiger partial charge in [-0.2, -0.15) is 0 Å². The minimum Gasteiger partial charge on any atom is -0.465 e. The Morgan fingerprint density at radius 2 is 1.94 bits per heavy atom. The second-order valence-electron chi connectivity index (χ2n) is 3.60. The molecule has 1 aromatic rings. The number of ether oxygens (including phenoxy) is 2. The zero-order chi connectivity index (χ0) is 11.8. The molecule has 1 rings (SSSR count). The lowest BCUT2D eigenvalue weighted by Gasteiger charge is -2.17. The molecule has 2 nitrogen and oxygen atoms in total. The van der Waals surface area contributed by atoms with Crippen LogP contribution < -0.4 is 4.74 Å². The van der Waals surface area contributed by atoms with Gasteiger partial charge in [-0.15, -0.1) is 0 Å². The molecule has 0 saturated carbocycles. The van der Waals surface area contributed by atoms with Crippen LogP contribution in [0.1, 0.15) is 32.3 Å². The van der Waals surface area contributed by atoms with Crippen LogP contribution >= 0.6 is 0 Å². The van der Waals surface area contributed by atoms with E-state index in [-0.39, 0.29) is 6.29 Å². The molecule has 0 bridgehead atoms. The van der Waals surface area contributed by atoms with E-state index >= 15 is 0 Å². The maximum Gasteiger partial charge on any atom is 0.199 e. The van der Waals surface area contributed by atoms with E-state index in [1.807, 2.05) is 30.3 Å². The Hall–Kier alpha value is -1.28. The molecular formula is C14H20O2. The largest absolute Gasteiger partial charge is 0.465 e. The molecule has 0 aromatic heterocycles. The molecule has 0 N–H and O–H groups in total. The predicted molar refractivity (Wildman–Crippen MR) is 67.5 cm³/mol. The molecule has 0 amide bonds. The van der Waals surface area contributed by atoms with Crippen molar-refractivity contribution in [1.29, 1.82) is 0 Å². The Morgan fingerprint density at radius 3 is 2.44 bits per heavy atom. The zero-order valence-electron chi connectivity index (χ0n) is 10.1. The smallest absolute Gasteiger partial charge is 0.199 e. The first-order chi connectivity index (χ1) is 7.80. The fourth-order valence-corrected chi connectivity index (χ4v) is 1.32. The maximum atomic E-state index is 5.71. The Morgan fingerprint density at radius 1 is 1.25 bits per heavy atom. The van der Waals surface area contributed by atoms with E-state index in [1.165, 1.54) is 0 Å². The van der Waals surface area contributed by atoms with Crippen LogP contribution in [0, 0.1) is 0 Å². The third-order valence-electron chi connectivity index (χ3n) is 2.22. The molecule has 2 heteroatoms. The minimum atomic E-state index is -0.144. The fraction of sp³-hybridized carbons (Fsp3) is 0.429. The highest BCUT2D eigenvalue weighted by atomic mass is 16.7. The van der Waals surface area contributed by atoms with E-state index in [1.54, 1.807) is 0 Å². The molecule has 0 fully saturated rings. The summed E-state index contributed by atoms with van der Waals surface area (Å²) >= 11 is 0. The normalized spacial score (nSPS) is 12.1. The summed E-state index contributed by atoms with van der Waals surface area (Å²) in [4.78, 5) is 0. The van der Waals surface area contributed by atoms with Gasteiger partial charge in [0, 0.05) is 6.42 Å². The van der Waals surface area contributed by atoms with Gasteiger partial charge in [0.15, 0.2) is 6.29 Å². The van der Waals surface area contributed by atoms with Crippen LogP contribution in [0.25, 0.3) is 6.08 Å². The van der Waals surface area contributed by atoms with Crippen molar-refractivity contribution < 1.29 is 9.47 Å². The lowest BCUT2D eigenvalue weighted by Crippen LogP contribution is -2.19. The molecule has 0 aliphatic carbocycles. The lowest BCUT2D eigenvalue weighted by atomic mass is 10.2. The molecule has 0 heterocycles. The first-order valence-corrected chi connectivity index (χ1v) is 5.80. The van der Waals surface area contributed by atoms with Crippen molar-refractivity contribution in [2.45, 2.75) is 33.0 Å². The lowest BCUT2D eigenvalue weighted by molar-refractivity contribution is -0.0812. The number of benzene rings is 1. The summed E-state index contributed by atoms with van der Waals surface area (Å²) in [6.45, 7) is 8.59. The van der Waals surface area contributed by atoms with E-state index in [9.17, 15) is 0 Å². The molecule has 16 heavy (non-hydrogen) atoms. The van der Waals surface area contributed by atoms with Gasteiger partial charge < -0.3 is 9.47 Å². The Bertz CT molecular complexity index is 303. The Balaban J connectivity index is 2.52. The standard InChI is InChI=1S/C14H20O2/c1-4-11-15-14(6-3)16-13-9-7-12(5-2)8-10-13/h5,7-10,14H,2,4,6,11H2,1,3H3. The molecule has 0 saturated heterocycles. The van der Waals surface area contributed by atoms with E-state index in [0.29, 0.717) is 0 Å². The summed E-state index contributed by atoms with van der Waals surface area (Å²) in [6, 6.07) is 7.84. The Kier molecular flexibility index (Phi) is 5.65. The Labute approximate surface area is 97.9 Å². The summed E-state index contributed by atoms with van der Waals surface area (Å²) in [5.74, 6) is 0.841. The van der Waals surface area contributed by atoms with Gasteiger partial charge in [-0.3, -0.25) is 0 Å². The molecule has 0 spiro atoms. The van der Waals surface area contributed by atoms with Crippen molar-refractivity contribution in [3.8, 4) is 5.75 Å². The van der Waals surface area contributed by atoms with Gasteiger partial charge in [0.2, 0.25) is 0 Å². The van der Waals surface area contributed by atoms with Gasteiger partial charge >= 0.3 is 0 Å². The molecule has 0 radical (unpaired) electrons. The van der Waals surface area contributed by atoms with Crippen LogP contribution in [0.4, 0.5) is 0 Å². The first-order valence-electron chi connectivity index (χ1n) is 5.80. The van der Waals surface area contributed by atoms with Crippen molar-refractivity contribution in [1.82, 2.24) is 0 Å². The average Bonchev–Trinajstić information content (AvgIpc) is 2.35. The summed E-state index contributed by atoms with van der Waals surface area (Å²) in [7, 11) is 0. The van der Waals surface area contributed by atoms with Gasteiger partial charge in [-0.1, -0.05) is 38.6 Å². The van der Waals surface area contributed by atoms with Crippen molar-refractivity contribution in [3.05, 3.63) is 36.4 Å². The van der Waals surface area contributed by atoms with Gasteiger partial charge in [0.1, 0.15) is 5.75 Å². The molecule has 88 valence electrons. The number of hydrogen-bond donors (Lipinski definition) is 0. The number of hydrogen-bond acceptors (Lipinski definition) is 2. The van der Waals surface area contributed by atoms with E-state index < -0.39 is 0 Å².